The Morgan fingerprint density at radius 2 is 2.11 bits per heavy atom. The van der Waals surface area contributed by atoms with Crippen molar-refractivity contribution >= 4 is 23.5 Å². The molecule has 0 aliphatic carbocycles. The van der Waals surface area contributed by atoms with Crippen molar-refractivity contribution in [3.05, 3.63) is 28.8 Å². The van der Waals surface area contributed by atoms with Crippen LogP contribution in [-0.2, 0) is 9.59 Å². The molecule has 0 bridgehead atoms. The Morgan fingerprint density at radius 3 is 2.63 bits per heavy atom. The number of carboxylic acid groups (broad SMARTS) is 1. The van der Waals surface area contributed by atoms with Gasteiger partial charge in [0.15, 0.2) is 6.61 Å². The van der Waals surface area contributed by atoms with Crippen LogP contribution in [0.15, 0.2) is 18.2 Å². The molecule has 1 aromatic carbocycles. The van der Waals surface area contributed by atoms with E-state index in [0.717, 1.165) is 5.56 Å². The third kappa shape index (κ3) is 4.79. The first-order valence-electron chi connectivity index (χ1n) is 5.82. The maximum absolute atomic E-state index is 11.7. The SMILES string of the molecule is CCN(CC(=O)O)C(=O)COc1ccc(Cl)c(C)c1. The van der Waals surface area contributed by atoms with Crippen LogP contribution in [0.3, 0.4) is 0 Å². The van der Waals surface area contributed by atoms with Crippen LogP contribution < -0.4 is 4.74 Å². The molecule has 5 nitrogen and oxygen atoms in total. The molecule has 1 N–H and O–H groups in total. The zero-order chi connectivity index (χ0) is 14.4. The lowest BCUT2D eigenvalue weighted by Crippen LogP contribution is -2.38. The third-order valence-electron chi connectivity index (χ3n) is 2.55. The summed E-state index contributed by atoms with van der Waals surface area (Å²) < 4.78 is 5.33. The molecule has 0 fully saturated rings. The maximum atomic E-state index is 11.7. The van der Waals surface area contributed by atoms with Gasteiger partial charge >= 0.3 is 5.97 Å². The summed E-state index contributed by atoms with van der Waals surface area (Å²) in [5, 5.41) is 9.29. The van der Waals surface area contributed by atoms with E-state index in [1.807, 2.05) is 6.92 Å². The monoisotopic (exact) mass is 285 g/mol. The Morgan fingerprint density at radius 1 is 1.42 bits per heavy atom. The number of likely N-dealkylation sites (N-methyl/N-ethyl adjacent to an activating group) is 1. The minimum Gasteiger partial charge on any atom is -0.484 e. The first kappa shape index (κ1) is 15.3. The predicted octanol–water partition coefficient (Wildman–Crippen LogP) is 1.96. The molecular weight excluding hydrogens is 270 g/mol. The van der Waals surface area contributed by atoms with Crippen LogP contribution >= 0.6 is 11.6 Å². The minimum absolute atomic E-state index is 0.192. The molecule has 0 saturated carbocycles. The number of carbonyl (C=O) groups excluding carboxylic acids is 1. The van der Waals surface area contributed by atoms with E-state index >= 15 is 0 Å². The van der Waals surface area contributed by atoms with Gasteiger partial charge in [0.05, 0.1) is 0 Å². The summed E-state index contributed by atoms with van der Waals surface area (Å²) in [6.07, 6.45) is 0. The summed E-state index contributed by atoms with van der Waals surface area (Å²) in [4.78, 5) is 23.5. The molecule has 6 heteroatoms. The molecule has 0 aromatic heterocycles. The molecule has 1 amide bonds. The average molecular weight is 286 g/mol. The first-order chi connectivity index (χ1) is 8.93. The van der Waals surface area contributed by atoms with Crippen LogP contribution in [0.1, 0.15) is 12.5 Å². The van der Waals surface area contributed by atoms with Gasteiger partial charge in [0.1, 0.15) is 12.3 Å². The number of carboxylic acids is 1. The van der Waals surface area contributed by atoms with Crippen molar-refractivity contribution in [1.82, 2.24) is 4.90 Å². The van der Waals surface area contributed by atoms with E-state index in [9.17, 15) is 9.59 Å². The summed E-state index contributed by atoms with van der Waals surface area (Å²) in [6, 6.07) is 5.07. The normalized spacial score (nSPS) is 10.1. The largest absolute Gasteiger partial charge is 0.484 e. The van der Waals surface area contributed by atoms with Crippen LogP contribution in [0.25, 0.3) is 0 Å². The molecule has 19 heavy (non-hydrogen) atoms. The van der Waals surface area contributed by atoms with E-state index in [0.29, 0.717) is 17.3 Å². The molecular formula is C13H16ClNO4. The fourth-order valence-corrected chi connectivity index (χ4v) is 1.60. The van der Waals surface area contributed by atoms with E-state index < -0.39 is 5.97 Å². The second-order valence-electron chi connectivity index (χ2n) is 4.00. The van der Waals surface area contributed by atoms with Gasteiger partial charge in [-0.1, -0.05) is 11.6 Å². The zero-order valence-corrected chi connectivity index (χ0v) is 11.6. The molecule has 0 saturated heterocycles. The number of halogens is 1. The molecule has 104 valence electrons. The van der Waals surface area contributed by atoms with Crippen molar-refractivity contribution in [1.29, 1.82) is 0 Å². The predicted molar refractivity (Wildman–Crippen MR) is 71.6 cm³/mol. The highest BCUT2D eigenvalue weighted by atomic mass is 35.5. The van der Waals surface area contributed by atoms with Gasteiger partial charge in [0.2, 0.25) is 0 Å². The number of benzene rings is 1. The lowest BCUT2D eigenvalue weighted by atomic mass is 10.2. The summed E-state index contributed by atoms with van der Waals surface area (Å²) in [5.74, 6) is -0.878. The topological polar surface area (TPSA) is 66.8 Å². The maximum Gasteiger partial charge on any atom is 0.323 e. The number of aliphatic carboxylic acids is 1. The minimum atomic E-state index is -1.04. The number of rotatable bonds is 6. The zero-order valence-electron chi connectivity index (χ0n) is 10.9. The van der Waals surface area contributed by atoms with Crippen molar-refractivity contribution in [2.45, 2.75) is 13.8 Å². The van der Waals surface area contributed by atoms with Gasteiger partial charge in [-0.2, -0.15) is 0 Å². The Labute approximate surface area is 116 Å². The number of carbonyl (C=O) groups is 2. The Hall–Kier alpha value is -1.75. The quantitative estimate of drug-likeness (QED) is 0.868. The molecule has 0 spiro atoms. The second-order valence-corrected chi connectivity index (χ2v) is 4.41. The molecule has 0 aliphatic rings. The Kier molecular flexibility index (Phi) is 5.63. The standard InChI is InChI=1S/C13H16ClNO4/c1-3-15(7-13(17)18)12(16)8-19-10-4-5-11(14)9(2)6-10/h4-6H,3,7-8H2,1-2H3,(H,17,18). The van der Waals surface area contributed by atoms with Gasteiger partial charge in [-0.3, -0.25) is 9.59 Å². The van der Waals surface area contributed by atoms with E-state index in [1.165, 1.54) is 4.90 Å². The van der Waals surface area contributed by atoms with Gasteiger partial charge < -0.3 is 14.7 Å². The summed E-state index contributed by atoms with van der Waals surface area (Å²) in [7, 11) is 0. The van der Waals surface area contributed by atoms with Crippen molar-refractivity contribution in [2.75, 3.05) is 19.7 Å². The number of aryl methyl sites for hydroxylation is 1. The van der Waals surface area contributed by atoms with Crippen LogP contribution in [0.4, 0.5) is 0 Å². The Balaban J connectivity index is 2.57. The lowest BCUT2D eigenvalue weighted by Gasteiger charge is -2.18. The van der Waals surface area contributed by atoms with Crippen LogP contribution in [0.5, 0.6) is 5.75 Å². The van der Waals surface area contributed by atoms with Crippen LogP contribution in [0.2, 0.25) is 5.02 Å². The second kappa shape index (κ2) is 6.99. The molecule has 0 radical (unpaired) electrons. The highest BCUT2D eigenvalue weighted by molar-refractivity contribution is 6.31. The molecule has 1 rings (SSSR count). The number of amides is 1. The summed E-state index contributed by atoms with van der Waals surface area (Å²) in [6.45, 7) is 3.36. The third-order valence-corrected chi connectivity index (χ3v) is 2.98. The fourth-order valence-electron chi connectivity index (χ4n) is 1.48. The number of hydrogen-bond acceptors (Lipinski definition) is 3. The van der Waals surface area contributed by atoms with Gasteiger partial charge in [-0.15, -0.1) is 0 Å². The molecule has 0 aliphatic heterocycles. The molecule has 0 heterocycles. The van der Waals surface area contributed by atoms with Crippen molar-refractivity contribution in [2.24, 2.45) is 0 Å². The Bertz CT molecular complexity index is 476. The van der Waals surface area contributed by atoms with Gasteiger partial charge in [-0.05, 0) is 37.6 Å². The highest BCUT2D eigenvalue weighted by Crippen LogP contribution is 2.20. The smallest absolute Gasteiger partial charge is 0.323 e. The van der Waals surface area contributed by atoms with Crippen molar-refractivity contribution < 1.29 is 19.4 Å². The molecule has 1 aromatic rings. The summed E-state index contributed by atoms with van der Waals surface area (Å²) >= 11 is 5.88. The number of ether oxygens (including phenoxy) is 1. The van der Waals surface area contributed by atoms with Gasteiger partial charge in [0.25, 0.3) is 5.91 Å². The van der Waals surface area contributed by atoms with E-state index in [4.69, 9.17) is 21.4 Å². The molecule has 0 unspecified atom stereocenters. The van der Waals surface area contributed by atoms with Crippen LogP contribution in [0, 0.1) is 6.92 Å². The van der Waals surface area contributed by atoms with E-state index in [-0.39, 0.29) is 19.1 Å². The highest BCUT2D eigenvalue weighted by Gasteiger charge is 2.15. The van der Waals surface area contributed by atoms with Gasteiger partial charge in [0, 0.05) is 11.6 Å². The lowest BCUT2D eigenvalue weighted by molar-refractivity contribution is -0.145. The van der Waals surface area contributed by atoms with Crippen LogP contribution in [-0.4, -0.2) is 41.6 Å². The van der Waals surface area contributed by atoms with Crippen molar-refractivity contribution in [3.63, 3.8) is 0 Å². The van der Waals surface area contributed by atoms with E-state index in [2.05, 4.69) is 0 Å². The van der Waals surface area contributed by atoms with Gasteiger partial charge in [-0.25, -0.2) is 0 Å². The van der Waals surface area contributed by atoms with E-state index in [1.54, 1.807) is 25.1 Å². The first-order valence-corrected chi connectivity index (χ1v) is 6.20. The molecule has 0 atom stereocenters. The number of hydrogen-bond donors (Lipinski definition) is 1. The average Bonchev–Trinajstić information content (AvgIpc) is 2.36. The number of nitrogens with zero attached hydrogens (tertiary/aromatic N) is 1. The van der Waals surface area contributed by atoms with Crippen molar-refractivity contribution in [3.8, 4) is 5.75 Å². The summed E-state index contributed by atoms with van der Waals surface area (Å²) in [5.41, 5.74) is 0.851. The fraction of sp³-hybridized carbons (Fsp3) is 0.385.